The molecule has 3 radical (unpaired) electrons. The van der Waals surface area contributed by atoms with Crippen molar-refractivity contribution in [3.8, 4) is 0 Å². The van der Waals surface area contributed by atoms with Crippen LogP contribution in [0.4, 0.5) is 17.1 Å². The van der Waals surface area contributed by atoms with Crippen molar-refractivity contribution in [3.63, 3.8) is 0 Å². The van der Waals surface area contributed by atoms with Gasteiger partial charge >= 0.3 is 0 Å². The maximum absolute atomic E-state index is 3.57. The molecule has 4 aromatic carbocycles. The van der Waals surface area contributed by atoms with E-state index in [1.807, 2.05) is 6.07 Å². The van der Waals surface area contributed by atoms with Gasteiger partial charge in [-0.05, 0) is 47.2 Å². The van der Waals surface area contributed by atoms with Crippen LogP contribution in [-0.2, 0) is 0 Å². The van der Waals surface area contributed by atoms with Crippen molar-refractivity contribution < 1.29 is 0 Å². The third-order valence-electron chi connectivity index (χ3n) is 4.13. The Morgan fingerprint density at radius 2 is 1.08 bits per heavy atom. The van der Waals surface area contributed by atoms with Crippen molar-refractivity contribution in [2.24, 2.45) is 0 Å². The number of rotatable bonds is 3. The molecule has 0 amide bonds. The number of benzene rings is 4. The second-order valence-electron chi connectivity index (χ2n) is 5.75. The molecule has 2 heteroatoms. The zero-order valence-electron chi connectivity index (χ0n) is 13.2. The Morgan fingerprint density at radius 1 is 0.500 bits per heavy atom. The molecule has 0 fully saturated rings. The van der Waals surface area contributed by atoms with Crippen LogP contribution >= 0.6 is 0 Å². The van der Waals surface area contributed by atoms with Crippen molar-refractivity contribution >= 4 is 43.3 Å². The highest BCUT2D eigenvalue weighted by atomic mass is 28.1. The Balaban J connectivity index is 1.89. The number of hydrogen-bond acceptors (Lipinski definition) is 1. The van der Waals surface area contributed by atoms with E-state index in [0.717, 1.165) is 22.2 Å². The van der Waals surface area contributed by atoms with E-state index >= 15 is 0 Å². The standard InChI is InChI=1S/C22H16NSi/c24-22-14-12-20(13-15-22)23(19-8-2-1-3-9-19)21-11-10-17-6-4-5-7-18(17)16-21/h1-16H. The molecule has 0 aromatic heterocycles. The van der Waals surface area contributed by atoms with Crippen LogP contribution in [-0.4, -0.2) is 10.2 Å². The molecule has 0 atom stereocenters. The van der Waals surface area contributed by atoms with E-state index in [2.05, 4.69) is 106 Å². The fourth-order valence-corrected chi connectivity index (χ4v) is 3.12. The van der Waals surface area contributed by atoms with Crippen LogP contribution in [0.3, 0.4) is 0 Å². The van der Waals surface area contributed by atoms with Crippen molar-refractivity contribution in [1.29, 1.82) is 0 Å². The Morgan fingerprint density at radius 3 is 1.83 bits per heavy atom. The molecule has 0 aliphatic heterocycles. The molecule has 1 nitrogen and oxygen atoms in total. The molecule has 0 N–H and O–H groups in total. The molecule has 0 spiro atoms. The lowest BCUT2D eigenvalue weighted by atomic mass is 10.1. The van der Waals surface area contributed by atoms with Crippen LogP contribution in [0, 0.1) is 0 Å². The normalized spacial score (nSPS) is 10.7. The molecule has 0 bridgehead atoms. The summed E-state index contributed by atoms with van der Waals surface area (Å²) in [5, 5.41) is 3.57. The largest absolute Gasteiger partial charge is 0.310 e. The summed E-state index contributed by atoms with van der Waals surface area (Å²) in [6.45, 7) is 0. The number of para-hydroxylation sites is 1. The predicted octanol–water partition coefficient (Wildman–Crippen LogP) is 5.10. The fraction of sp³-hybridized carbons (Fsp3) is 0. The van der Waals surface area contributed by atoms with Gasteiger partial charge in [-0.15, -0.1) is 0 Å². The first-order chi connectivity index (χ1) is 11.8. The van der Waals surface area contributed by atoms with E-state index in [1.54, 1.807) is 0 Å². The number of fused-ring (bicyclic) bond motifs is 1. The molecule has 0 aliphatic rings. The van der Waals surface area contributed by atoms with E-state index in [4.69, 9.17) is 0 Å². The van der Waals surface area contributed by atoms with Gasteiger partial charge in [0.2, 0.25) is 0 Å². The van der Waals surface area contributed by atoms with Gasteiger partial charge in [0, 0.05) is 17.1 Å². The molecule has 0 saturated carbocycles. The molecular weight excluding hydrogens is 306 g/mol. The third-order valence-corrected chi connectivity index (χ3v) is 4.46. The Hall–Kier alpha value is -2.84. The van der Waals surface area contributed by atoms with Crippen molar-refractivity contribution in [2.75, 3.05) is 4.90 Å². The van der Waals surface area contributed by atoms with Crippen molar-refractivity contribution in [1.82, 2.24) is 0 Å². The molecule has 4 aromatic rings. The maximum Gasteiger partial charge on any atom is 0.0711 e. The second kappa shape index (κ2) is 6.34. The molecular formula is C22H16NSi. The number of anilines is 3. The van der Waals surface area contributed by atoms with E-state index in [1.165, 1.54) is 10.8 Å². The summed E-state index contributed by atoms with van der Waals surface area (Å²) >= 11 is 0. The van der Waals surface area contributed by atoms with E-state index in [9.17, 15) is 0 Å². The zero-order chi connectivity index (χ0) is 16.4. The highest BCUT2D eigenvalue weighted by Gasteiger charge is 2.12. The molecule has 113 valence electrons. The van der Waals surface area contributed by atoms with E-state index in [0.29, 0.717) is 0 Å². The quantitative estimate of drug-likeness (QED) is 0.474. The predicted molar refractivity (Wildman–Crippen MR) is 104 cm³/mol. The third kappa shape index (κ3) is 2.84. The van der Waals surface area contributed by atoms with Crippen LogP contribution in [0.1, 0.15) is 0 Å². The van der Waals surface area contributed by atoms with Gasteiger partial charge in [-0.3, -0.25) is 0 Å². The molecule has 24 heavy (non-hydrogen) atoms. The molecule has 0 heterocycles. The van der Waals surface area contributed by atoms with Crippen LogP contribution in [0.2, 0.25) is 0 Å². The smallest absolute Gasteiger partial charge is 0.0711 e. The first-order valence-corrected chi connectivity index (χ1v) is 8.47. The van der Waals surface area contributed by atoms with Crippen LogP contribution in [0.15, 0.2) is 97.1 Å². The summed E-state index contributed by atoms with van der Waals surface area (Å²) in [5.41, 5.74) is 3.44. The minimum atomic E-state index is 1.07. The van der Waals surface area contributed by atoms with Gasteiger partial charge in [-0.2, -0.15) is 0 Å². The zero-order valence-corrected chi connectivity index (χ0v) is 14.2. The summed E-state index contributed by atoms with van der Waals surface area (Å²) < 4.78 is 0. The summed E-state index contributed by atoms with van der Waals surface area (Å²) in [5.74, 6) is 0. The van der Waals surface area contributed by atoms with Crippen LogP contribution < -0.4 is 10.1 Å². The van der Waals surface area contributed by atoms with Gasteiger partial charge in [0.05, 0.1) is 10.2 Å². The Labute approximate surface area is 145 Å². The van der Waals surface area contributed by atoms with Gasteiger partial charge in [0.25, 0.3) is 0 Å². The molecule has 0 unspecified atom stereocenters. The number of nitrogens with zero attached hydrogens (tertiary/aromatic N) is 1. The van der Waals surface area contributed by atoms with Gasteiger partial charge in [-0.1, -0.05) is 65.9 Å². The van der Waals surface area contributed by atoms with Gasteiger partial charge < -0.3 is 4.90 Å². The molecule has 0 saturated heterocycles. The second-order valence-corrected chi connectivity index (χ2v) is 6.33. The summed E-state index contributed by atoms with van der Waals surface area (Å²) in [6.07, 6.45) is 0. The summed E-state index contributed by atoms with van der Waals surface area (Å²) in [6, 6.07) is 33.9. The van der Waals surface area contributed by atoms with Crippen LogP contribution in [0.5, 0.6) is 0 Å². The molecule has 4 rings (SSSR count). The molecule has 0 aliphatic carbocycles. The Kier molecular flexibility index (Phi) is 3.89. The highest BCUT2D eigenvalue weighted by molar-refractivity contribution is 6.32. The summed E-state index contributed by atoms with van der Waals surface area (Å²) in [7, 11) is 3.57. The lowest BCUT2D eigenvalue weighted by Crippen LogP contribution is -2.11. The van der Waals surface area contributed by atoms with E-state index < -0.39 is 0 Å². The first-order valence-electron chi connectivity index (χ1n) is 7.97. The summed E-state index contributed by atoms with van der Waals surface area (Å²) in [4.78, 5) is 2.28. The Bertz CT molecular complexity index is 962. The van der Waals surface area contributed by atoms with Gasteiger partial charge in [-0.25, -0.2) is 0 Å². The van der Waals surface area contributed by atoms with Gasteiger partial charge in [0.15, 0.2) is 0 Å². The lowest BCUT2D eigenvalue weighted by Gasteiger charge is -2.26. The average molecular weight is 322 g/mol. The monoisotopic (exact) mass is 322 g/mol. The van der Waals surface area contributed by atoms with Crippen LogP contribution in [0.25, 0.3) is 10.8 Å². The topological polar surface area (TPSA) is 3.24 Å². The average Bonchev–Trinajstić information content (AvgIpc) is 2.64. The minimum Gasteiger partial charge on any atom is -0.310 e. The minimum absolute atomic E-state index is 1.07. The van der Waals surface area contributed by atoms with Gasteiger partial charge in [0.1, 0.15) is 0 Å². The fourth-order valence-electron chi connectivity index (χ4n) is 2.95. The highest BCUT2D eigenvalue weighted by Crippen LogP contribution is 2.35. The lowest BCUT2D eigenvalue weighted by molar-refractivity contribution is 1.29. The maximum atomic E-state index is 3.57. The SMILES string of the molecule is [Si]c1ccc(N(c2ccccc2)c2ccc3ccccc3c2)cc1. The van der Waals surface area contributed by atoms with Crippen molar-refractivity contribution in [2.45, 2.75) is 0 Å². The number of hydrogen-bond donors (Lipinski definition) is 0. The van der Waals surface area contributed by atoms with Crippen molar-refractivity contribution in [3.05, 3.63) is 97.1 Å². The first kappa shape index (κ1) is 14.7. The van der Waals surface area contributed by atoms with E-state index in [-0.39, 0.29) is 0 Å².